The van der Waals surface area contributed by atoms with Crippen molar-refractivity contribution in [1.29, 1.82) is 0 Å². The molecule has 3 nitrogen and oxygen atoms in total. The van der Waals surface area contributed by atoms with Gasteiger partial charge in [-0.15, -0.1) is 0 Å². The van der Waals surface area contributed by atoms with Gasteiger partial charge in [-0.2, -0.15) is 0 Å². The van der Waals surface area contributed by atoms with Gasteiger partial charge >= 0.3 is 5.97 Å². The Balaban J connectivity index is 2.75. The van der Waals surface area contributed by atoms with Crippen LogP contribution >= 0.6 is 0 Å². The number of benzene rings is 1. The van der Waals surface area contributed by atoms with Gasteiger partial charge in [-0.1, -0.05) is 32.0 Å². The summed E-state index contributed by atoms with van der Waals surface area (Å²) in [5.41, 5.74) is 1.36. The number of carbonyl (C=O) groups is 1. The van der Waals surface area contributed by atoms with Crippen LogP contribution in [0.5, 0.6) is 0 Å². The summed E-state index contributed by atoms with van der Waals surface area (Å²) in [6, 6.07) is 8.11. The molecule has 96 valence electrons. The van der Waals surface area contributed by atoms with Crippen LogP contribution in [0.2, 0.25) is 0 Å². The van der Waals surface area contributed by atoms with E-state index in [1.165, 1.54) is 5.56 Å². The molecule has 1 atom stereocenters. The topological polar surface area (TPSA) is 42.2 Å². The molecule has 2 aromatic rings. The summed E-state index contributed by atoms with van der Waals surface area (Å²) in [6.07, 6.45) is 3.35. The molecule has 3 heteroatoms. The Morgan fingerprint density at radius 2 is 2.06 bits per heavy atom. The zero-order valence-corrected chi connectivity index (χ0v) is 11.1. The maximum atomic E-state index is 11.6. The largest absolute Gasteiger partial charge is 0.479 e. The van der Waals surface area contributed by atoms with Crippen LogP contribution < -0.4 is 0 Å². The Labute approximate surface area is 107 Å². The van der Waals surface area contributed by atoms with E-state index >= 15 is 0 Å². The number of hydrogen-bond donors (Lipinski definition) is 1. The van der Waals surface area contributed by atoms with Gasteiger partial charge in [0.25, 0.3) is 0 Å². The number of carboxylic acid groups (broad SMARTS) is 1. The molecule has 0 bridgehead atoms. The van der Waals surface area contributed by atoms with E-state index in [-0.39, 0.29) is 0 Å². The Morgan fingerprint density at radius 3 is 2.61 bits per heavy atom. The van der Waals surface area contributed by atoms with E-state index in [0.717, 1.165) is 17.3 Å². The van der Waals surface area contributed by atoms with Crippen LogP contribution in [-0.4, -0.2) is 15.6 Å². The van der Waals surface area contributed by atoms with Gasteiger partial charge in [-0.05, 0) is 36.8 Å². The van der Waals surface area contributed by atoms with Crippen molar-refractivity contribution in [3.05, 3.63) is 36.0 Å². The lowest BCUT2D eigenvalue weighted by Gasteiger charge is -2.27. The number of para-hydroxylation sites is 1. The molecule has 0 aliphatic carbocycles. The van der Waals surface area contributed by atoms with Crippen molar-refractivity contribution in [2.24, 2.45) is 0 Å². The van der Waals surface area contributed by atoms with Crippen LogP contribution in [0.25, 0.3) is 10.9 Å². The second kappa shape index (κ2) is 4.48. The van der Waals surface area contributed by atoms with Gasteiger partial charge < -0.3 is 9.67 Å². The van der Waals surface area contributed by atoms with E-state index in [0.29, 0.717) is 6.42 Å². The highest BCUT2D eigenvalue weighted by atomic mass is 16.4. The zero-order chi connectivity index (χ0) is 13.3. The fourth-order valence-corrected chi connectivity index (χ4v) is 2.39. The summed E-state index contributed by atoms with van der Waals surface area (Å²) in [6.45, 7) is 5.78. The van der Waals surface area contributed by atoms with Crippen molar-refractivity contribution in [2.75, 3.05) is 0 Å². The van der Waals surface area contributed by atoms with Gasteiger partial charge in [0.1, 0.15) is 5.54 Å². The highest BCUT2D eigenvalue weighted by Crippen LogP contribution is 2.29. The van der Waals surface area contributed by atoms with E-state index in [1.54, 1.807) is 6.92 Å². The molecule has 0 saturated carbocycles. The van der Waals surface area contributed by atoms with Crippen molar-refractivity contribution >= 4 is 16.9 Å². The van der Waals surface area contributed by atoms with Crippen molar-refractivity contribution < 1.29 is 9.90 Å². The lowest BCUT2D eigenvalue weighted by atomic mass is 9.98. The minimum Gasteiger partial charge on any atom is -0.479 e. The third-order valence-corrected chi connectivity index (χ3v) is 3.86. The number of aromatic nitrogens is 1. The van der Waals surface area contributed by atoms with Gasteiger partial charge in [-0.25, -0.2) is 4.79 Å². The van der Waals surface area contributed by atoms with Gasteiger partial charge in [-0.3, -0.25) is 0 Å². The molecule has 1 heterocycles. The average molecular weight is 245 g/mol. The molecule has 2 rings (SSSR count). The molecule has 0 aliphatic rings. The zero-order valence-electron chi connectivity index (χ0n) is 11.1. The molecule has 1 aromatic carbocycles. The maximum Gasteiger partial charge on any atom is 0.329 e. The number of carboxylic acids is 1. The average Bonchev–Trinajstić information content (AvgIpc) is 2.81. The number of aryl methyl sites for hydroxylation is 1. The summed E-state index contributed by atoms with van der Waals surface area (Å²) < 4.78 is 1.91. The summed E-state index contributed by atoms with van der Waals surface area (Å²) >= 11 is 0. The Kier molecular flexibility index (Phi) is 3.16. The van der Waals surface area contributed by atoms with Crippen LogP contribution in [0.15, 0.2) is 30.5 Å². The first-order chi connectivity index (χ1) is 8.54. The molecular formula is C15H19NO2. The van der Waals surface area contributed by atoms with E-state index in [1.807, 2.05) is 35.9 Å². The molecule has 0 saturated heterocycles. The third-order valence-electron chi connectivity index (χ3n) is 3.86. The molecule has 1 N–H and O–H groups in total. The fraction of sp³-hybridized carbons (Fsp3) is 0.400. The molecule has 0 radical (unpaired) electrons. The number of nitrogens with zero attached hydrogens (tertiary/aromatic N) is 1. The number of rotatable bonds is 4. The van der Waals surface area contributed by atoms with E-state index in [2.05, 4.69) is 13.0 Å². The quantitative estimate of drug-likeness (QED) is 0.896. The molecule has 0 amide bonds. The minimum atomic E-state index is -0.882. The van der Waals surface area contributed by atoms with E-state index < -0.39 is 11.5 Å². The maximum absolute atomic E-state index is 11.6. The van der Waals surface area contributed by atoms with Gasteiger partial charge in [0.05, 0.1) is 5.52 Å². The number of hydrogen-bond acceptors (Lipinski definition) is 1. The highest BCUT2D eigenvalue weighted by molar-refractivity contribution is 5.87. The summed E-state index contributed by atoms with van der Waals surface area (Å²) in [4.78, 5) is 11.6. The van der Waals surface area contributed by atoms with Gasteiger partial charge in [0.15, 0.2) is 0 Å². The normalized spacial score (nSPS) is 14.6. The molecule has 18 heavy (non-hydrogen) atoms. The highest BCUT2D eigenvalue weighted by Gasteiger charge is 2.34. The predicted molar refractivity (Wildman–Crippen MR) is 72.9 cm³/mol. The Bertz CT molecular complexity index is 585. The van der Waals surface area contributed by atoms with E-state index in [9.17, 15) is 9.90 Å². The molecule has 0 fully saturated rings. The fourth-order valence-electron chi connectivity index (χ4n) is 2.39. The van der Waals surface area contributed by atoms with Gasteiger partial charge in [0.2, 0.25) is 0 Å². The Morgan fingerprint density at radius 1 is 1.33 bits per heavy atom. The van der Waals surface area contributed by atoms with Crippen molar-refractivity contribution in [3.8, 4) is 0 Å². The van der Waals surface area contributed by atoms with Crippen LogP contribution in [0.4, 0.5) is 0 Å². The molecule has 1 aromatic heterocycles. The predicted octanol–water partition coefficient (Wildman–Crippen LogP) is 3.41. The molecule has 1 unspecified atom stereocenters. The van der Waals surface area contributed by atoms with Crippen molar-refractivity contribution in [1.82, 2.24) is 4.57 Å². The summed E-state index contributed by atoms with van der Waals surface area (Å²) in [5, 5.41) is 10.6. The van der Waals surface area contributed by atoms with Crippen molar-refractivity contribution in [2.45, 2.75) is 39.2 Å². The number of fused-ring (bicyclic) bond motifs is 1. The third kappa shape index (κ3) is 1.70. The van der Waals surface area contributed by atoms with Crippen LogP contribution in [0, 0.1) is 0 Å². The SMILES string of the molecule is CCc1cccc2ccn(C(C)(CC)C(=O)O)c12. The second-order valence-corrected chi connectivity index (χ2v) is 4.83. The lowest BCUT2D eigenvalue weighted by molar-refractivity contribution is -0.146. The molecule has 0 spiro atoms. The van der Waals surface area contributed by atoms with Gasteiger partial charge in [0, 0.05) is 6.20 Å². The number of aliphatic carboxylic acids is 1. The van der Waals surface area contributed by atoms with E-state index in [4.69, 9.17) is 0 Å². The standard InChI is InChI=1S/C15H19NO2/c1-4-11-7-6-8-12-9-10-16(13(11)12)15(3,5-2)14(17)18/h6-10H,4-5H2,1-3H3,(H,17,18). The van der Waals surface area contributed by atoms with Crippen LogP contribution in [0.3, 0.4) is 0 Å². The van der Waals surface area contributed by atoms with Crippen molar-refractivity contribution in [3.63, 3.8) is 0 Å². The first-order valence-corrected chi connectivity index (χ1v) is 6.37. The molecule has 0 aliphatic heterocycles. The monoisotopic (exact) mass is 245 g/mol. The first kappa shape index (κ1) is 12.7. The summed E-state index contributed by atoms with van der Waals surface area (Å²) in [5.74, 6) is -0.784. The smallest absolute Gasteiger partial charge is 0.329 e. The minimum absolute atomic E-state index is 0.560. The first-order valence-electron chi connectivity index (χ1n) is 6.37. The lowest BCUT2D eigenvalue weighted by Crippen LogP contribution is -2.37. The Hall–Kier alpha value is -1.77. The summed E-state index contributed by atoms with van der Waals surface area (Å²) in [7, 11) is 0. The second-order valence-electron chi connectivity index (χ2n) is 4.83. The van der Waals surface area contributed by atoms with Crippen LogP contribution in [0.1, 0.15) is 32.8 Å². The van der Waals surface area contributed by atoms with Crippen LogP contribution in [-0.2, 0) is 16.8 Å². The molecular weight excluding hydrogens is 226 g/mol.